The molecule has 3 N–H and O–H groups in total. The molecule has 27 heavy (non-hydrogen) atoms. The van der Waals surface area contributed by atoms with Crippen molar-refractivity contribution in [3.05, 3.63) is 23.8 Å². The van der Waals surface area contributed by atoms with Gasteiger partial charge >= 0.3 is 12.0 Å². The number of methoxy groups -OCH3 is 1. The highest BCUT2D eigenvalue weighted by Crippen LogP contribution is 2.23. The second-order valence-electron chi connectivity index (χ2n) is 5.84. The second-order valence-corrected chi connectivity index (χ2v) is 5.84. The molecule has 0 aliphatic rings. The third-order valence-electron chi connectivity index (χ3n) is 3.49. The summed E-state index contributed by atoms with van der Waals surface area (Å²) in [6.45, 7) is 2.74. The van der Waals surface area contributed by atoms with E-state index in [4.69, 9.17) is 9.47 Å². The monoisotopic (exact) mass is 380 g/mol. The molecule has 0 spiro atoms. The number of ether oxygens (including phenoxy) is 2. The Labute approximate surface area is 159 Å². The zero-order chi connectivity index (χ0) is 20.2. The van der Waals surface area contributed by atoms with Gasteiger partial charge in [-0.15, -0.1) is 0 Å². The first kappa shape index (κ1) is 22.2. The number of nitrogens with one attached hydrogen (secondary N) is 3. The summed E-state index contributed by atoms with van der Waals surface area (Å²) in [5.41, 5.74) is 1.58. The number of carbonyl (C=O) groups is 3. The minimum Gasteiger partial charge on any atom is -0.465 e. The molecule has 150 valence electrons. The molecule has 0 bridgehead atoms. The first-order chi connectivity index (χ1) is 12.9. The fourth-order valence-electron chi connectivity index (χ4n) is 2.24. The molecular weight excluding hydrogens is 352 g/mol. The lowest BCUT2D eigenvalue weighted by atomic mass is 10.1. The number of benzene rings is 1. The van der Waals surface area contributed by atoms with Crippen molar-refractivity contribution in [2.24, 2.45) is 0 Å². The summed E-state index contributed by atoms with van der Waals surface area (Å²) in [6, 6.07) is 4.45. The van der Waals surface area contributed by atoms with Crippen molar-refractivity contribution in [1.29, 1.82) is 0 Å². The van der Waals surface area contributed by atoms with E-state index in [1.165, 1.54) is 0 Å². The Morgan fingerprint density at radius 3 is 2.52 bits per heavy atom. The van der Waals surface area contributed by atoms with Crippen molar-refractivity contribution in [2.45, 2.75) is 13.3 Å². The summed E-state index contributed by atoms with van der Waals surface area (Å²) in [4.78, 5) is 37.5. The lowest BCUT2D eigenvalue weighted by molar-refractivity contribution is -0.141. The van der Waals surface area contributed by atoms with E-state index in [0.717, 1.165) is 5.69 Å². The lowest BCUT2D eigenvalue weighted by Crippen LogP contribution is -2.34. The van der Waals surface area contributed by atoms with Crippen LogP contribution in [-0.2, 0) is 14.3 Å². The maximum atomic E-state index is 12.5. The molecular formula is C18H28N4O5. The Bertz CT molecular complexity index is 649. The normalized spacial score (nSPS) is 10.1. The minimum absolute atomic E-state index is 0.234. The molecule has 0 atom stereocenters. The van der Waals surface area contributed by atoms with Gasteiger partial charge in [0.25, 0.3) is 5.91 Å². The van der Waals surface area contributed by atoms with Gasteiger partial charge in [-0.05, 0) is 31.5 Å². The predicted octanol–water partition coefficient (Wildman–Crippen LogP) is 1.20. The van der Waals surface area contributed by atoms with Crippen molar-refractivity contribution < 1.29 is 23.9 Å². The summed E-state index contributed by atoms with van der Waals surface area (Å²) >= 11 is 0. The largest absolute Gasteiger partial charge is 0.465 e. The molecule has 0 saturated heterocycles. The molecule has 3 amide bonds. The molecule has 0 saturated carbocycles. The van der Waals surface area contributed by atoms with E-state index < -0.39 is 12.0 Å². The molecule has 9 nitrogen and oxygen atoms in total. The summed E-state index contributed by atoms with van der Waals surface area (Å²) < 4.78 is 9.70. The number of rotatable bonds is 10. The van der Waals surface area contributed by atoms with Crippen LogP contribution in [0.5, 0.6) is 0 Å². The van der Waals surface area contributed by atoms with E-state index in [2.05, 4.69) is 16.0 Å². The Balaban J connectivity index is 2.77. The summed E-state index contributed by atoms with van der Waals surface area (Å²) in [6.07, 6.45) is 0.702. The van der Waals surface area contributed by atoms with Crippen molar-refractivity contribution in [3.8, 4) is 0 Å². The number of carbonyl (C=O) groups excluding carboxylic acids is 3. The molecule has 1 aromatic rings. The molecule has 1 aromatic carbocycles. The lowest BCUT2D eigenvalue weighted by Gasteiger charge is -2.18. The average molecular weight is 380 g/mol. The molecule has 1 rings (SSSR count). The van der Waals surface area contributed by atoms with Crippen LogP contribution in [-0.4, -0.2) is 65.4 Å². The van der Waals surface area contributed by atoms with Crippen LogP contribution in [0.15, 0.2) is 18.2 Å². The molecule has 9 heteroatoms. The van der Waals surface area contributed by atoms with Crippen LogP contribution in [0, 0.1) is 0 Å². The maximum absolute atomic E-state index is 12.5. The number of anilines is 2. The van der Waals surface area contributed by atoms with Gasteiger partial charge in [0.2, 0.25) is 0 Å². The van der Waals surface area contributed by atoms with Gasteiger partial charge in [0.1, 0.15) is 6.54 Å². The number of esters is 1. The number of amides is 3. The van der Waals surface area contributed by atoms with E-state index in [9.17, 15) is 14.4 Å². The topological polar surface area (TPSA) is 109 Å². The van der Waals surface area contributed by atoms with Crippen molar-refractivity contribution in [1.82, 2.24) is 10.6 Å². The quantitative estimate of drug-likeness (QED) is 0.416. The van der Waals surface area contributed by atoms with Gasteiger partial charge in [-0.25, -0.2) is 4.79 Å². The SMILES string of the molecule is CCOC(=O)CNC(=O)Nc1ccc(N(C)C)c(C(=O)NCCCOC)c1. The summed E-state index contributed by atoms with van der Waals surface area (Å²) in [5.74, 6) is -0.767. The van der Waals surface area contributed by atoms with Gasteiger partial charge in [-0.3, -0.25) is 9.59 Å². The van der Waals surface area contributed by atoms with Crippen LogP contribution in [0.4, 0.5) is 16.2 Å². The molecule has 0 aliphatic carbocycles. The van der Waals surface area contributed by atoms with Gasteiger partial charge in [-0.2, -0.15) is 0 Å². The van der Waals surface area contributed by atoms with E-state index >= 15 is 0 Å². The number of hydrogen-bond donors (Lipinski definition) is 3. The van der Waals surface area contributed by atoms with Crippen LogP contribution >= 0.6 is 0 Å². The van der Waals surface area contributed by atoms with Crippen LogP contribution in [0.2, 0.25) is 0 Å². The minimum atomic E-state index is -0.563. The number of nitrogens with zero attached hydrogens (tertiary/aromatic N) is 1. The molecule has 0 fully saturated rings. The Morgan fingerprint density at radius 2 is 1.89 bits per heavy atom. The van der Waals surface area contributed by atoms with Gasteiger partial charge in [-0.1, -0.05) is 0 Å². The van der Waals surface area contributed by atoms with Crippen molar-refractivity contribution in [3.63, 3.8) is 0 Å². The molecule has 0 radical (unpaired) electrons. The van der Waals surface area contributed by atoms with Gasteiger partial charge < -0.3 is 30.3 Å². The number of hydrogen-bond acceptors (Lipinski definition) is 6. The Hall–Kier alpha value is -2.81. The maximum Gasteiger partial charge on any atom is 0.325 e. The van der Waals surface area contributed by atoms with E-state index in [0.29, 0.717) is 30.8 Å². The second kappa shape index (κ2) is 11.7. The molecule has 0 heterocycles. The van der Waals surface area contributed by atoms with Crippen LogP contribution in [0.3, 0.4) is 0 Å². The summed E-state index contributed by atoms with van der Waals surface area (Å²) in [5, 5.41) is 7.83. The zero-order valence-electron chi connectivity index (χ0n) is 16.3. The van der Waals surface area contributed by atoms with E-state index in [-0.39, 0.29) is 19.1 Å². The molecule has 0 aliphatic heterocycles. The van der Waals surface area contributed by atoms with Crippen LogP contribution < -0.4 is 20.9 Å². The molecule has 0 aromatic heterocycles. The molecule has 0 unspecified atom stereocenters. The predicted molar refractivity (Wildman–Crippen MR) is 103 cm³/mol. The fourth-order valence-corrected chi connectivity index (χ4v) is 2.24. The first-order valence-corrected chi connectivity index (χ1v) is 8.68. The fraction of sp³-hybridized carbons (Fsp3) is 0.500. The first-order valence-electron chi connectivity index (χ1n) is 8.68. The van der Waals surface area contributed by atoms with Crippen LogP contribution in [0.25, 0.3) is 0 Å². The highest BCUT2D eigenvalue weighted by molar-refractivity contribution is 6.02. The van der Waals surface area contributed by atoms with E-state index in [1.54, 1.807) is 32.2 Å². The number of urea groups is 1. The van der Waals surface area contributed by atoms with Gasteiger partial charge in [0.05, 0.1) is 12.2 Å². The zero-order valence-corrected chi connectivity index (χ0v) is 16.3. The van der Waals surface area contributed by atoms with Gasteiger partial charge in [0.15, 0.2) is 0 Å². The highest BCUT2D eigenvalue weighted by atomic mass is 16.5. The summed E-state index contributed by atoms with van der Waals surface area (Å²) in [7, 11) is 5.26. The Kier molecular flexibility index (Phi) is 9.66. The van der Waals surface area contributed by atoms with Gasteiger partial charge in [0, 0.05) is 45.7 Å². The van der Waals surface area contributed by atoms with Crippen LogP contribution in [0.1, 0.15) is 23.7 Å². The van der Waals surface area contributed by atoms with Crippen molar-refractivity contribution in [2.75, 3.05) is 57.7 Å². The third-order valence-corrected chi connectivity index (χ3v) is 3.49. The standard InChI is InChI=1S/C18H28N4O5/c1-5-27-16(23)12-20-18(25)21-13-7-8-15(22(2)3)14(11-13)17(24)19-9-6-10-26-4/h7-8,11H,5-6,9-10,12H2,1-4H3,(H,19,24)(H2,20,21,25). The van der Waals surface area contributed by atoms with Crippen molar-refractivity contribution >= 4 is 29.3 Å². The average Bonchev–Trinajstić information content (AvgIpc) is 2.63. The smallest absolute Gasteiger partial charge is 0.325 e. The Morgan fingerprint density at radius 1 is 1.15 bits per heavy atom. The third kappa shape index (κ3) is 7.95. The highest BCUT2D eigenvalue weighted by Gasteiger charge is 2.15. The van der Waals surface area contributed by atoms with E-state index in [1.807, 2.05) is 19.0 Å².